The molecule has 0 aromatic heterocycles. The van der Waals surface area contributed by atoms with Crippen LogP contribution in [0.3, 0.4) is 0 Å². The third kappa shape index (κ3) is 2.03. The molecule has 2 atom stereocenters. The van der Waals surface area contributed by atoms with Gasteiger partial charge in [0.25, 0.3) is 0 Å². The van der Waals surface area contributed by atoms with Crippen LogP contribution in [0.25, 0.3) is 0 Å². The minimum absolute atomic E-state index is 0.368. The van der Waals surface area contributed by atoms with Gasteiger partial charge in [-0.05, 0) is 12.3 Å². The molecule has 1 N–H and O–H groups in total. The summed E-state index contributed by atoms with van der Waals surface area (Å²) < 4.78 is 5.77. The van der Waals surface area contributed by atoms with E-state index >= 15 is 0 Å². The molecule has 3 heteroatoms. The molecule has 2 saturated heterocycles. The van der Waals surface area contributed by atoms with E-state index in [1.54, 1.807) is 0 Å². The summed E-state index contributed by atoms with van der Waals surface area (Å²) in [5.74, 6) is 1.92. The lowest BCUT2D eigenvalue weighted by molar-refractivity contribution is -0.0295. The molecule has 2 rings (SSSR count). The Morgan fingerprint density at radius 3 is 3.00 bits per heavy atom. The Hall–Kier alpha value is 0.270. The summed E-state index contributed by atoms with van der Waals surface area (Å²) in [6, 6.07) is 0. The first-order valence-corrected chi connectivity index (χ1v) is 6.21. The fourth-order valence-electron chi connectivity index (χ4n) is 2.16. The van der Waals surface area contributed by atoms with Gasteiger partial charge in [-0.25, -0.2) is 0 Å². The molecule has 76 valence electrons. The van der Waals surface area contributed by atoms with Gasteiger partial charge in [0.2, 0.25) is 0 Å². The molecule has 2 nitrogen and oxygen atoms in total. The van der Waals surface area contributed by atoms with E-state index in [0.717, 1.165) is 6.61 Å². The van der Waals surface area contributed by atoms with Crippen LogP contribution in [0, 0.1) is 5.92 Å². The smallest absolute Gasteiger partial charge is 0.0692 e. The summed E-state index contributed by atoms with van der Waals surface area (Å²) in [5.41, 5.74) is 0. The summed E-state index contributed by atoms with van der Waals surface area (Å²) in [5, 5.41) is 3.64. The van der Waals surface area contributed by atoms with Crippen LogP contribution in [0.5, 0.6) is 0 Å². The summed E-state index contributed by atoms with van der Waals surface area (Å²) in [6.45, 7) is 6.62. The Labute approximate surface area is 84.8 Å². The lowest BCUT2D eigenvalue weighted by Crippen LogP contribution is -2.47. The zero-order valence-electron chi connectivity index (χ0n) is 8.51. The van der Waals surface area contributed by atoms with Crippen LogP contribution in [0.4, 0.5) is 0 Å². The number of nitrogens with one attached hydrogen (secondary N) is 1. The van der Waals surface area contributed by atoms with Crippen LogP contribution < -0.4 is 5.32 Å². The van der Waals surface area contributed by atoms with E-state index < -0.39 is 0 Å². The van der Waals surface area contributed by atoms with Gasteiger partial charge in [0.05, 0.1) is 11.0 Å². The second-order valence-corrected chi connectivity index (χ2v) is 5.86. The van der Waals surface area contributed by atoms with E-state index in [-0.39, 0.29) is 0 Å². The molecule has 2 heterocycles. The van der Waals surface area contributed by atoms with Crippen molar-refractivity contribution in [3.63, 3.8) is 0 Å². The Balaban J connectivity index is 1.98. The molecule has 0 bridgehead atoms. The highest BCUT2D eigenvalue weighted by atomic mass is 32.2. The molecule has 0 aromatic rings. The van der Waals surface area contributed by atoms with Gasteiger partial charge in [-0.15, -0.1) is 11.8 Å². The maximum absolute atomic E-state index is 5.77. The van der Waals surface area contributed by atoms with Crippen LogP contribution in [0.15, 0.2) is 0 Å². The van der Waals surface area contributed by atoms with Gasteiger partial charge in [0.15, 0.2) is 0 Å². The van der Waals surface area contributed by atoms with Gasteiger partial charge >= 0.3 is 0 Å². The molecule has 2 aliphatic heterocycles. The van der Waals surface area contributed by atoms with Crippen molar-refractivity contribution in [2.45, 2.75) is 37.7 Å². The highest BCUT2D eigenvalue weighted by Gasteiger charge is 2.40. The topological polar surface area (TPSA) is 21.3 Å². The maximum atomic E-state index is 5.77. The molecule has 0 aliphatic carbocycles. The van der Waals surface area contributed by atoms with E-state index in [1.807, 2.05) is 0 Å². The molecule has 1 spiro atoms. The third-order valence-corrected chi connectivity index (χ3v) is 4.52. The average molecular weight is 201 g/mol. The van der Waals surface area contributed by atoms with Crippen LogP contribution in [0.1, 0.15) is 26.7 Å². The monoisotopic (exact) mass is 201 g/mol. The molecule has 0 radical (unpaired) electrons. The zero-order chi connectivity index (χ0) is 9.31. The molecular formula is C10H19NOS. The van der Waals surface area contributed by atoms with Crippen molar-refractivity contribution >= 4 is 11.8 Å². The first-order valence-electron chi connectivity index (χ1n) is 5.22. The predicted molar refractivity (Wildman–Crippen MR) is 57.0 cm³/mol. The molecule has 2 aliphatic rings. The molecule has 2 fully saturated rings. The average Bonchev–Trinajstić information content (AvgIpc) is 2.53. The summed E-state index contributed by atoms with van der Waals surface area (Å²) >= 11 is 2.10. The lowest BCUT2D eigenvalue weighted by Gasteiger charge is -2.39. The molecule has 0 amide bonds. The van der Waals surface area contributed by atoms with Crippen LogP contribution in [0.2, 0.25) is 0 Å². The minimum Gasteiger partial charge on any atom is -0.378 e. The van der Waals surface area contributed by atoms with Gasteiger partial charge in [-0.3, -0.25) is 0 Å². The second kappa shape index (κ2) is 3.79. The zero-order valence-corrected chi connectivity index (χ0v) is 9.32. The molecule has 0 saturated carbocycles. The summed E-state index contributed by atoms with van der Waals surface area (Å²) in [4.78, 5) is 0.368. The number of ether oxygens (including phenoxy) is 1. The van der Waals surface area contributed by atoms with Gasteiger partial charge in [-0.2, -0.15) is 0 Å². The van der Waals surface area contributed by atoms with E-state index in [2.05, 4.69) is 30.9 Å². The number of thioether (sulfide) groups is 1. The molecular weight excluding hydrogens is 182 g/mol. The van der Waals surface area contributed by atoms with Crippen molar-refractivity contribution in [2.24, 2.45) is 5.92 Å². The second-order valence-electron chi connectivity index (χ2n) is 4.38. The van der Waals surface area contributed by atoms with Gasteiger partial charge in [0.1, 0.15) is 0 Å². The van der Waals surface area contributed by atoms with Crippen molar-refractivity contribution in [2.75, 3.05) is 18.9 Å². The third-order valence-electron chi connectivity index (χ3n) is 3.04. The van der Waals surface area contributed by atoms with E-state index in [9.17, 15) is 0 Å². The molecule has 0 aromatic carbocycles. The Morgan fingerprint density at radius 1 is 1.54 bits per heavy atom. The first-order chi connectivity index (χ1) is 6.22. The minimum atomic E-state index is 0.368. The van der Waals surface area contributed by atoms with Gasteiger partial charge in [0, 0.05) is 25.3 Å². The largest absolute Gasteiger partial charge is 0.378 e. The maximum Gasteiger partial charge on any atom is 0.0692 e. The highest BCUT2D eigenvalue weighted by molar-refractivity contribution is 8.00. The van der Waals surface area contributed by atoms with E-state index in [4.69, 9.17) is 4.74 Å². The Morgan fingerprint density at radius 2 is 2.38 bits per heavy atom. The quantitative estimate of drug-likeness (QED) is 0.699. The van der Waals surface area contributed by atoms with Crippen molar-refractivity contribution in [1.82, 2.24) is 5.32 Å². The van der Waals surface area contributed by atoms with E-state index in [1.165, 1.54) is 25.1 Å². The van der Waals surface area contributed by atoms with Crippen molar-refractivity contribution in [1.29, 1.82) is 0 Å². The van der Waals surface area contributed by atoms with Crippen LogP contribution in [-0.2, 0) is 4.74 Å². The SMILES string of the molecule is CC(C)C1CC2(CCO1)NCCS2. The Kier molecular flexibility index (Phi) is 2.86. The standard InChI is InChI=1S/C10H19NOS/c1-8(2)9-7-10(3-5-12-9)11-4-6-13-10/h8-9,11H,3-7H2,1-2H3. The molecule has 13 heavy (non-hydrogen) atoms. The lowest BCUT2D eigenvalue weighted by atomic mass is 9.95. The number of rotatable bonds is 1. The van der Waals surface area contributed by atoms with Crippen molar-refractivity contribution < 1.29 is 4.74 Å². The normalized spacial score (nSPS) is 40.4. The van der Waals surface area contributed by atoms with Crippen LogP contribution in [-0.4, -0.2) is 29.9 Å². The van der Waals surface area contributed by atoms with E-state index in [0.29, 0.717) is 16.9 Å². The fourth-order valence-corrected chi connectivity index (χ4v) is 3.47. The van der Waals surface area contributed by atoms with Gasteiger partial charge < -0.3 is 10.1 Å². The van der Waals surface area contributed by atoms with Crippen molar-refractivity contribution in [3.8, 4) is 0 Å². The van der Waals surface area contributed by atoms with Crippen molar-refractivity contribution in [3.05, 3.63) is 0 Å². The summed E-state index contributed by atoms with van der Waals surface area (Å²) in [7, 11) is 0. The van der Waals surface area contributed by atoms with Gasteiger partial charge in [-0.1, -0.05) is 13.8 Å². The highest BCUT2D eigenvalue weighted by Crippen LogP contribution is 2.39. The number of hydrogen-bond acceptors (Lipinski definition) is 3. The number of hydrogen-bond donors (Lipinski definition) is 1. The predicted octanol–water partition coefficient (Wildman–Crippen LogP) is 1.85. The molecule has 2 unspecified atom stereocenters. The van der Waals surface area contributed by atoms with Crippen LogP contribution >= 0.6 is 11.8 Å². The summed E-state index contributed by atoms with van der Waals surface area (Å²) in [6.07, 6.45) is 2.84. The Bertz CT molecular complexity index is 178. The fraction of sp³-hybridized carbons (Fsp3) is 1.00. The first kappa shape index (κ1) is 9.81.